The SMILES string of the molecule is Nc1cc(Cl)c(Cl)cc1OCc1cccc(Cl)c1Cl. The summed E-state index contributed by atoms with van der Waals surface area (Å²) in [4.78, 5) is 0. The normalized spacial score (nSPS) is 10.5. The van der Waals surface area contributed by atoms with Gasteiger partial charge >= 0.3 is 0 Å². The van der Waals surface area contributed by atoms with E-state index in [-0.39, 0.29) is 6.61 Å². The van der Waals surface area contributed by atoms with Crippen molar-refractivity contribution in [3.8, 4) is 5.75 Å². The van der Waals surface area contributed by atoms with Gasteiger partial charge in [0, 0.05) is 11.6 Å². The Morgan fingerprint density at radius 2 is 1.63 bits per heavy atom. The molecule has 0 aliphatic carbocycles. The monoisotopic (exact) mass is 335 g/mol. The third kappa shape index (κ3) is 3.40. The van der Waals surface area contributed by atoms with Crippen molar-refractivity contribution in [1.29, 1.82) is 0 Å². The fraction of sp³-hybridized carbons (Fsp3) is 0.0769. The lowest BCUT2D eigenvalue weighted by Crippen LogP contribution is -1.99. The van der Waals surface area contributed by atoms with Gasteiger partial charge in [-0.3, -0.25) is 0 Å². The topological polar surface area (TPSA) is 35.2 Å². The molecule has 0 aliphatic rings. The first-order chi connectivity index (χ1) is 8.99. The Kier molecular flexibility index (Phi) is 4.69. The summed E-state index contributed by atoms with van der Waals surface area (Å²) in [6, 6.07) is 8.43. The number of rotatable bonds is 3. The van der Waals surface area contributed by atoms with Crippen molar-refractivity contribution in [2.45, 2.75) is 6.61 Å². The van der Waals surface area contributed by atoms with Crippen molar-refractivity contribution in [3.63, 3.8) is 0 Å². The standard InChI is InChI=1S/C13H9Cl4NO/c14-8-3-1-2-7(13(8)17)6-19-12-5-10(16)9(15)4-11(12)18/h1-5H,6,18H2. The summed E-state index contributed by atoms with van der Waals surface area (Å²) in [7, 11) is 0. The van der Waals surface area contributed by atoms with E-state index in [0.717, 1.165) is 5.56 Å². The van der Waals surface area contributed by atoms with Crippen molar-refractivity contribution >= 4 is 52.1 Å². The molecule has 2 nitrogen and oxygen atoms in total. The number of benzene rings is 2. The molecule has 0 saturated heterocycles. The van der Waals surface area contributed by atoms with E-state index in [0.29, 0.717) is 31.5 Å². The molecule has 2 rings (SSSR count). The molecule has 0 heterocycles. The van der Waals surface area contributed by atoms with Gasteiger partial charge in [0.15, 0.2) is 0 Å². The summed E-state index contributed by atoms with van der Waals surface area (Å²) in [6.07, 6.45) is 0. The highest BCUT2D eigenvalue weighted by molar-refractivity contribution is 6.42. The van der Waals surface area contributed by atoms with Crippen LogP contribution in [-0.2, 0) is 6.61 Å². The van der Waals surface area contributed by atoms with Crippen LogP contribution in [0.4, 0.5) is 5.69 Å². The number of nitrogens with two attached hydrogens (primary N) is 1. The van der Waals surface area contributed by atoms with E-state index in [1.54, 1.807) is 24.3 Å². The van der Waals surface area contributed by atoms with Gasteiger partial charge in [-0.05, 0) is 12.1 Å². The van der Waals surface area contributed by atoms with Crippen molar-refractivity contribution in [2.24, 2.45) is 0 Å². The number of halogens is 4. The Bertz CT molecular complexity index is 616. The molecule has 0 atom stereocenters. The average molecular weight is 337 g/mol. The van der Waals surface area contributed by atoms with Crippen molar-refractivity contribution in [1.82, 2.24) is 0 Å². The number of ether oxygens (including phenoxy) is 1. The van der Waals surface area contributed by atoms with Crippen molar-refractivity contribution in [3.05, 3.63) is 56.0 Å². The van der Waals surface area contributed by atoms with E-state index >= 15 is 0 Å². The summed E-state index contributed by atoms with van der Waals surface area (Å²) in [6.45, 7) is 0.238. The van der Waals surface area contributed by atoms with E-state index in [2.05, 4.69) is 0 Å². The van der Waals surface area contributed by atoms with Gasteiger partial charge in [-0.25, -0.2) is 0 Å². The molecular formula is C13H9Cl4NO. The van der Waals surface area contributed by atoms with Crippen LogP contribution >= 0.6 is 46.4 Å². The molecule has 19 heavy (non-hydrogen) atoms. The van der Waals surface area contributed by atoms with Crippen LogP contribution in [0.2, 0.25) is 20.1 Å². The summed E-state index contributed by atoms with van der Waals surface area (Å²) in [5.74, 6) is 0.449. The highest BCUT2D eigenvalue weighted by Crippen LogP contribution is 2.33. The molecule has 100 valence electrons. The Morgan fingerprint density at radius 3 is 2.37 bits per heavy atom. The maximum atomic E-state index is 6.07. The minimum absolute atomic E-state index is 0.238. The van der Waals surface area contributed by atoms with Crippen LogP contribution in [0.25, 0.3) is 0 Å². The van der Waals surface area contributed by atoms with Gasteiger partial charge in [-0.2, -0.15) is 0 Å². The predicted molar refractivity (Wildman–Crippen MR) is 81.7 cm³/mol. The maximum Gasteiger partial charge on any atom is 0.144 e. The number of hydrogen-bond donors (Lipinski definition) is 1. The van der Waals surface area contributed by atoms with Gasteiger partial charge < -0.3 is 10.5 Å². The molecule has 0 fully saturated rings. The molecule has 2 N–H and O–H groups in total. The lowest BCUT2D eigenvalue weighted by molar-refractivity contribution is 0.308. The highest BCUT2D eigenvalue weighted by atomic mass is 35.5. The molecular weight excluding hydrogens is 328 g/mol. The minimum Gasteiger partial charge on any atom is -0.487 e. The molecule has 6 heteroatoms. The maximum absolute atomic E-state index is 6.07. The second-order valence-corrected chi connectivity index (χ2v) is 5.41. The van der Waals surface area contributed by atoms with Gasteiger partial charge in [0.05, 0.1) is 25.8 Å². The third-order valence-electron chi connectivity index (χ3n) is 2.47. The Morgan fingerprint density at radius 1 is 0.947 bits per heavy atom. The van der Waals surface area contributed by atoms with Gasteiger partial charge in [-0.15, -0.1) is 0 Å². The Hall–Kier alpha value is -0.800. The molecule has 0 radical (unpaired) electrons. The number of hydrogen-bond acceptors (Lipinski definition) is 2. The fourth-order valence-corrected chi connectivity index (χ4v) is 2.18. The fourth-order valence-electron chi connectivity index (χ4n) is 1.48. The van der Waals surface area contributed by atoms with E-state index in [4.69, 9.17) is 56.9 Å². The molecule has 0 aromatic heterocycles. The van der Waals surface area contributed by atoms with Crippen LogP contribution in [0, 0.1) is 0 Å². The summed E-state index contributed by atoms with van der Waals surface area (Å²) < 4.78 is 5.58. The van der Waals surface area contributed by atoms with Gasteiger partial charge in [-0.1, -0.05) is 58.5 Å². The zero-order valence-corrected chi connectivity index (χ0v) is 12.6. The smallest absolute Gasteiger partial charge is 0.144 e. The van der Waals surface area contributed by atoms with Crippen LogP contribution < -0.4 is 10.5 Å². The summed E-state index contributed by atoms with van der Waals surface area (Å²) in [5.41, 5.74) is 6.97. The zero-order valence-electron chi connectivity index (χ0n) is 9.59. The second kappa shape index (κ2) is 6.10. The van der Waals surface area contributed by atoms with Crippen molar-refractivity contribution in [2.75, 3.05) is 5.73 Å². The molecule has 0 unspecified atom stereocenters. The first kappa shape index (κ1) is 14.6. The van der Waals surface area contributed by atoms with Crippen LogP contribution in [-0.4, -0.2) is 0 Å². The van der Waals surface area contributed by atoms with E-state index < -0.39 is 0 Å². The second-order valence-electron chi connectivity index (χ2n) is 3.81. The molecule has 0 aliphatic heterocycles. The number of anilines is 1. The lowest BCUT2D eigenvalue weighted by atomic mass is 10.2. The van der Waals surface area contributed by atoms with E-state index in [1.165, 1.54) is 0 Å². The molecule has 2 aromatic rings. The third-order valence-corrected chi connectivity index (χ3v) is 4.05. The molecule has 2 aromatic carbocycles. The molecule has 0 bridgehead atoms. The first-order valence-electron chi connectivity index (χ1n) is 5.29. The molecule has 0 amide bonds. The van der Waals surface area contributed by atoms with Gasteiger partial charge in [0.1, 0.15) is 12.4 Å². The Balaban J connectivity index is 2.19. The highest BCUT2D eigenvalue weighted by Gasteiger charge is 2.09. The quantitative estimate of drug-likeness (QED) is 0.755. The zero-order chi connectivity index (χ0) is 14.0. The Labute approximate surface area is 131 Å². The average Bonchev–Trinajstić information content (AvgIpc) is 2.37. The summed E-state index contributed by atoms with van der Waals surface area (Å²) >= 11 is 23.7. The van der Waals surface area contributed by atoms with Crippen LogP contribution in [0.15, 0.2) is 30.3 Å². The van der Waals surface area contributed by atoms with Crippen LogP contribution in [0.1, 0.15) is 5.56 Å². The van der Waals surface area contributed by atoms with Gasteiger partial charge in [0.2, 0.25) is 0 Å². The van der Waals surface area contributed by atoms with Gasteiger partial charge in [0.25, 0.3) is 0 Å². The van der Waals surface area contributed by atoms with Crippen molar-refractivity contribution < 1.29 is 4.74 Å². The van der Waals surface area contributed by atoms with Crippen LogP contribution in [0.5, 0.6) is 5.75 Å². The van der Waals surface area contributed by atoms with E-state index in [1.807, 2.05) is 6.07 Å². The van der Waals surface area contributed by atoms with Crippen LogP contribution in [0.3, 0.4) is 0 Å². The first-order valence-corrected chi connectivity index (χ1v) is 6.80. The molecule has 0 spiro atoms. The number of nitrogen functional groups attached to an aromatic ring is 1. The predicted octanol–water partition coefficient (Wildman–Crippen LogP) is 5.46. The lowest BCUT2D eigenvalue weighted by Gasteiger charge is -2.11. The summed E-state index contributed by atoms with van der Waals surface area (Å²) in [5, 5.41) is 1.70. The largest absolute Gasteiger partial charge is 0.487 e. The van der Waals surface area contributed by atoms with E-state index in [9.17, 15) is 0 Å². The minimum atomic E-state index is 0.238. The molecule has 0 saturated carbocycles.